The number of carbonyl (C=O) groups is 2. The molecule has 2 aliphatic heterocycles. The van der Waals surface area contributed by atoms with Gasteiger partial charge < -0.3 is 24.8 Å². The van der Waals surface area contributed by atoms with E-state index >= 15 is 0 Å². The van der Waals surface area contributed by atoms with E-state index in [9.17, 15) is 9.59 Å². The minimum atomic E-state index is -1.11. The van der Waals surface area contributed by atoms with Crippen LogP contribution in [-0.4, -0.2) is 29.2 Å². The van der Waals surface area contributed by atoms with Crippen molar-refractivity contribution in [2.24, 2.45) is 0 Å². The molecule has 0 aliphatic carbocycles. The highest BCUT2D eigenvalue weighted by Gasteiger charge is 2.44. The second-order valence-electron chi connectivity index (χ2n) is 7.93. The minimum Gasteiger partial charge on any atom is -0.461 e. The summed E-state index contributed by atoms with van der Waals surface area (Å²) in [5.74, 6) is 1.41. The van der Waals surface area contributed by atoms with Crippen LogP contribution in [0.5, 0.6) is 17.4 Å². The Morgan fingerprint density at radius 3 is 2.44 bits per heavy atom. The number of rotatable bonds is 4. The average molecular weight is 431 g/mol. The predicted octanol–water partition coefficient (Wildman–Crippen LogP) is 3.77. The number of hydrogen-bond acceptors (Lipinski definition) is 6. The lowest BCUT2D eigenvalue weighted by Crippen LogP contribution is -2.44. The van der Waals surface area contributed by atoms with Crippen LogP contribution >= 0.6 is 0 Å². The Bertz CT molecular complexity index is 1220. The molecular weight excluding hydrogens is 410 g/mol. The fourth-order valence-electron chi connectivity index (χ4n) is 3.88. The molecule has 0 fully saturated rings. The van der Waals surface area contributed by atoms with Gasteiger partial charge in [0.1, 0.15) is 0 Å². The standard InChI is InChI=1S/C24H21N3O5/c1-14(28)26-16-4-6-17(7-5-16)27-23(29)24(2)12-19-18(9-10-25-22(19)32-24)15-3-8-20-21(11-15)31-13-30-20/h3-11H,12-13H2,1-2H3,(H,26,28)(H,27,29). The highest BCUT2D eigenvalue weighted by Crippen LogP contribution is 2.42. The van der Waals surface area contributed by atoms with Crippen LogP contribution < -0.4 is 24.8 Å². The van der Waals surface area contributed by atoms with Gasteiger partial charge in [-0.1, -0.05) is 6.07 Å². The first-order valence-electron chi connectivity index (χ1n) is 10.2. The Hall–Kier alpha value is -4.07. The lowest BCUT2D eigenvalue weighted by atomic mass is 9.93. The third kappa shape index (κ3) is 3.60. The molecular formula is C24H21N3O5. The second-order valence-corrected chi connectivity index (χ2v) is 7.93. The molecule has 0 spiro atoms. The molecule has 0 saturated carbocycles. The molecule has 3 heterocycles. The molecule has 1 aromatic heterocycles. The van der Waals surface area contributed by atoms with E-state index in [4.69, 9.17) is 14.2 Å². The summed E-state index contributed by atoms with van der Waals surface area (Å²) < 4.78 is 16.9. The Balaban J connectivity index is 1.36. The molecule has 2 N–H and O–H groups in total. The number of carbonyl (C=O) groups excluding carboxylic acids is 2. The molecule has 5 rings (SSSR count). The molecule has 0 radical (unpaired) electrons. The molecule has 0 saturated heterocycles. The van der Waals surface area contributed by atoms with Crippen LogP contribution in [0.25, 0.3) is 11.1 Å². The maximum absolute atomic E-state index is 13.1. The average Bonchev–Trinajstić information content (AvgIpc) is 3.38. The number of aromatic nitrogens is 1. The third-order valence-electron chi connectivity index (χ3n) is 5.48. The zero-order valence-corrected chi connectivity index (χ0v) is 17.6. The van der Waals surface area contributed by atoms with Gasteiger partial charge in [-0.2, -0.15) is 0 Å². The molecule has 162 valence electrons. The highest BCUT2D eigenvalue weighted by atomic mass is 16.7. The van der Waals surface area contributed by atoms with E-state index in [1.54, 1.807) is 37.4 Å². The summed E-state index contributed by atoms with van der Waals surface area (Å²) in [7, 11) is 0. The molecule has 32 heavy (non-hydrogen) atoms. The minimum absolute atomic E-state index is 0.155. The fourth-order valence-corrected chi connectivity index (χ4v) is 3.88. The number of pyridine rings is 1. The molecule has 1 atom stereocenters. The lowest BCUT2D eigenvalue weighted by molar-refractivity contribution is -0.128. The molecule has 0 bridgehead atoms. The quantitative estimate of drug-likeness (QED) is 0.653. The van der Waals surface area contributed by atoms with Crippen molar-refractivity contribution in [2.45, 2.75) is 25.9 Å². The van der Waals surface area contributed by atoms with Crippen LogP contribution in [0.3, 0.4) is 0 Å². The fraction of sp³-hybridized carbons (Fsp3) is 0.208. The van der Waals surface area contributed by atoms with Crippen LogP contribution in [-0.2, 0) is 16.0 Å². The third-order valence-corrected chi connectivity index (χ3v) is 5.48. The van der Waals surface area contributed by atoms with Crippen molar-refractivity contribution in [1.82, 2.24) is 4.98 Å². The van der Waals surface area contributed by atoms with E-state index in [2.05, 4.69) is 15.6 Å². The zero-order chi connectivity index (χ0) is 22.3. The van der Waals surface area contributed by atoms with Crippen LogP contribution in [0.1, 0.15) is 19.4 Å². The number of nitrogens with zero attached hydrogens (tertiary/aromatic N) is 1. The maximum Gasteiger partial charge on any atom is 0.268 e. The van der Waals surface area contributed by atoms with E-state index in [0.29, 0.717) is 35.2 Å². The SMILES string of the molecule is CC(=O)Nc1ccc(NC(=O)C2(C)Cc3c(-c4ccc5c(c4)OCO5)ccnc3O2)cc1. The summed E-state index contributed by atoms with van der Waals surface area (Å²) in [4.78, 5) is 28.6. The van der Waals surface area contributed by atoms with Crippen molar-refractivity contribution in [1.29, 1.82) is 0 Å². The van der Waals surface area contributed by atoms with E-state index in [0.717, 1.165) is 16.7 Å². The van der Waals surface area contributed by atoms with Gasteiger partial charge in [0.2, 0.25) is 18.6 Å². The van der Waals surface area contributed by atoms with Gasteiger partial charge >= 0.3 is 0 Å². The van der Waals surface area contributed by atoms with Gasteiger partial charge in [-0.25, -0.2) is 4.98 Å². The summed E-state index contributed by atoms with van der Waals surface area (Å²) >= 11 is 0. The number of fused-ring (bicyclic) bond motifs is 2. The van der Waals surface area contributed by atoms with Crippen molar-refractivity contribution < 1.29 is 23.8 Å². The number of hydrogen-bond donors (Lipinski definition) is 2. The number of nitrogens with one attached hydrogen (secondary N) is 2. The summed E-state index contributed by atoms with van der Waals surface area (Å²) in [5, 5.41) is 5.59. The van der Waals surface area contributed by atoms with Crippen LogP contribution in [0, 0.1) is 0 Å². The van der Waals surface area contributed by atoms with Crippen LogP contribution in [0.15, 0.2) is 54.7 Å². The summed E-state index contributed by atoms with van der Waals surface area (Å²) in [6.07, 6.45) is 2.04. The lowest BCUT2D eigenvalue weighted by Gasteiger charge is -2.22. The Kier molecular flexibility index (Phi) is 4.70. The van der Waals surface area contributed by atoms with Crippen molar-refractivity contribution in [3.8, 4) is 28.5 Å². The van der Waals surface area contributed by atoms with Gasteiger partial charge in [0.25, 0.3) is 5.91 Å². The first kappa shape index (κ1) is 19.9. The first-order chi connectivity index (χ1) is 15.4. The van der Waals surface area contributed by atoms with Gasteiger partial charge in [-0.15, -0.1) is 0 Å². The topological polar surface area (TPSA) is 98.8 Å². The van der Waals surface area contributed by atoms with Crippen LogP contribution in [0.4, 0.5) is 11.4 Å². The van der Waals surface area contributed by atoms with Gasteiger partial charge in [0, 0.05) is 36.5 Å². The van der Waals surface area contributed by atoms with E-state index in [1.165, 1.54) is 6.92 Å². The monoisotopic (exact) mass is 431 g/mol. The Morgan fingerprint density at radius 1 is 0.969 bits per heavy atom. The summed E-state index contributed by atoms with van der Waals surface area (Å²) in [6.45, 7) is 3.40. The number of anilines is 2. The second kappa shape index (κ2) is 7.56. The molecule has 1 unspecified atom stereocenters. The number of amides is 2. The first-order valence-corrected chi connectivity index (χ1v) is 10.2. The zero-order valence-electron chi connectivity index (χ0n) is 17.6. The molecule has 2 aliphatic rings. The Labute approximate surface area is 184 Å². The van der Waals surface area contributed by atoms with Crippen molar-refractivity contribution in [3.05, 3.63) is 60.3 Å². The Morgan fingerprint density at radius 2 is 1.69 bits per heavy atom. The largest absolute Gasteiger partial charge is 0.461 e. The normalized spacial score (nSPS) is 17.9. The van der Waals surface area contributed by atoms with E-state index in [1.807, 2.05) is 24.3 Å². The number of benzene rings is 2. The molecule has 8 heteroatoms. The smallest absolute Gasteiger partial charge is 0.268 e. The van der Waals surface area contributed by atoms with Crippen LogP contribution in [0.2, 0.25) is 0 Å². The van der Waals surface area contributed by atoms with Gasteiger partial charge in [-0.3, -0.25) is 9.59 Å². The molecule has 2 aromatic carbocycles. The maximum atomic E-state index is 13.1. The van der Waals surface area contributed by atoms with Gasteiger partial charge in [0.05, 0.1) is 0 Å². The molecule has 3 aromatic rings. The molecule has 8 nitrogen and oxygen atoms in total. The highest BCUT2D eigenvalue weighted by molar-refractivity contribution is 5.98. The molecule has 2 amide bonds. The van der Waals surface area contributed by atoms with Crippen molar-refractivity contribution in [2.75, 3.05) is 17.4 Å². The predicted molar refractivity (Wildman–Crippen MR) is 118 cm³/mol. The van der Waals surface area contributed by atoms with Gasteiger partial charge in [-0.05, 0) is 60.5 Å². The summed E-state index contributed by atoms with van der Waals surface area (Å²) in [5.41, 5.74) is 2.89. The number of ether oxygens (including phenoxy) is 3. The van der Waals surface area contributed by atoms with Crippen molar-refractivity contribution in [3.63, 3.8) is 0 Å². The van der Waals surface area contributed by atoms with Gasteiger partial charge in [0.15, 0.2) is 17.1 Å². The van der Waals surface area contributed by atoms with Crippen molar-refractivity contribution >= 4 is 23.2 Å². The van der Waals surface area contributed by atoms with E-state index < -0.39 is 5.60 Å². The summed E-state index contributed by atoms with van der Waals surface area (Å²) in [6, 6.07) is 14.6. The van der Waals surface area contributed by atoms with E-state index in [-0.39, 0.29) is 18.6 Å².